The molecule has 0 fully saturated rings. The van der Waals surface area contributed by atoms with Crippen molar-refractivity contribution in [2.45, 2.75) is 6.92 Å². The van der Waals surface area contributed by atoms with Gasteiger partial charge in [-0.05, 0) is 30.5 Å². The zero-order valence-electron chi connectivity index (χ0n) is 11.8. The Labute approximate surface area is 136 Å². The van der Waals surface area contributed by atoms with Crippen LogP contribution in [0.5, 0.6) is 11.5 Å². The Hall–Kier alpha value is -2.18. The summed E-state index contributed by atoms with van der Waals surface area (Å²) < 4.78 is 10.8. The fourth-order valence-electron chi connectivity index (χ4n) is 1.85. The van der Waals surface area contributed by atoms with Crippen LogP contribution in [0, 0.1) is 0 Å². The molecule has 112 valence electrons. The lowest BCUT2D eigenvalue weighted by atomic mass is 10.3. The lowest BCUT2D eigenvalue weighted by Gasteiger charge is -2.09. The van der Waals surface area contributed by atoms with Gasteiger partial charge in [0.1, 0.15) is 5.01 Å². The number of thiophene rings is 1. The molecule has 2 aromatic heterocycles. The highest BCUT2D eigenvalue weighted by Gasteiger charge is 2.16. The van der Waals surface area contributed by atoms with E-state index in [4.69, 9.17) is 9.47 Å². The van der Waals surface area contributed by atoms with Crippen LogP contribution in [0.25, 0.3) is 10.6 Å². The molecule has 0 radical (unpaired) electrons. The summed E-state index contributed by atoms with van der Waals surface area (Å²) in [7, 11) is 0. The average molecular weight is 331 g/mol. The molecular weight excluding hydrogens is 318 g/mol. The van der Waals surface area contributed by atoms with Crippen molar-refractivity contribution >= 4 is 28.6 Å². The summed E-state index contributed by atoms with van der Waals surface area (Å²) in [5.41, 5.74) is 1.32. The SMILES string of the molecule is CCOc1ccccc1OC(=O)c1csc(-c2ccsc2)n1. The van der Waals surface area contributed by atoms with E-state index < -0.39 is 5.97 Å². The van der Waals surface area contributed by atoms with Gasteiger partial charge >= 0.3 is 5.97 Å². The van der Waals surface area contributed by atoms with E-state index in [9.17, 15) is 4.79 Å². The number of hydrogen-bond donors (Lipinski definition) is 0. The number of esters is 1. The third-order valence-corrected chi connectivity index (χ3v) is 4.41. The van der Waals surface area contributed by atoms with E-state index in [1.54, 1.807) is 34.9 Å². The van der Waals surface area contributed by atoms with Crippen LogP contribution in [0.4, 0.5) is 0 Å². The van der Waals surface area contributed by atoms with Crippen molar-refractivity contribution in [3.05, 3.63) is 52.2 Å². The Morgan fingerprint density at radius 1 is 1.18 bits per heavy atom. The van der Waals surface area contributed by atoms with E-state index in [0.717, 1.165) is 10.6 Å². The third-order valence-electron chi connectivity index (χ3n) is 2.83. The first-order valence-electron chi connectivity index (χ1n) is 6.70. The van der Waals surface area contributed by atoms with Crippen molar-refractivity contribution in [1.82, 2.24) is 4.98 Å². The highest BCUT2D eigenvalue weighted by molar-refractivity contribution is 7.14. The minimum absolute atomic E-state index is 0.303. The smallest absolute Gasteiger partial charge is 0.363 e. The second-order valence-electron chi connectivity index (χ2n) is 4.32. The Balaban J connectivity index is 1.78. The molecule has 0 aliphatic carbocycles. The number of carbonyl (C=O) groups is 1. The van der Waals surface area contributed by atoms with Crippen LogP contribution in [0.2, 0.25) is 0 Å². The summed E-state index contributed by atoms with van der Waals surface area (Å²) in [6.45, 7) is 2.39. The van der Waals surface area contributed by atoms with E-state index in [0.29, 0.717) is 23.8 Å². The number of rotatable bonds is 5. The molecule has 1 aromatic carbocycles. The van der Waals surface area contributed by atoms with Gasteiger partial charge in [-0.15, -0.1) is 11.3 Å². The van der Waals surface area contributed by atoms with Gasteiger partial charge in [0, 0.05) is 16.3 Å². The molecule has 0 atom stereocenters. The lowest BCUT2D eigenvalue weighted by molar-refractivity contribution is 0.0723. The van der Waals surface area contributed by atoms with Crippen LogP contribution in [0.1, 0.15) is 17.4 Å². The molecule has 0 aliphatic heterocycles. The first-order valence-corrected chi connectivity index (χ1v) is 8.52. The van der Waals surface area contributed by atoms with Gasteiger partial charge < -0.3 is 9.47 Å². The number of carbonyl (C=O) groups excluding carboxylic acids is 1. The highest BCUT2D eigenvalue weighted by Crippen LogP contribution is 2.29. The van der Waals surface area contributed by atoms with Crippen LogP contribution in [-0.4, -0.2) is 17.6 Å². The maximum Gasteiger partial charge on any atom is 0.363 e. The number of hydrogen-bond acceptors (Lipinski definition) is 6. The molecule has 0 spiro atoms. The van der Waals surface area contributed by atoms with Crippen molar-refractivity contribution in [1.29, 1.82) is 0 Å². The summed E-state index contributed by atoms with van der Waals surface area (Å²) in [5, 5.41) is 6.50. The number of nitrogens with zero attached hydrogens (tertiary/aromatic N) is 1. The Kier molecular flexibility index (Phi) is 4.50. The second-order valence-corrected chi connectivity index (χ2v) is 5.96. The van der Waals surface area contributed by atoms with Gasteiger partial charge in [-0.1, -0.05) is 12.1 Å². The van der Waals surface area contributed by atoms with Gasteiger partial charge in [0.25, 0.3) is 0 Å². The fraction of sp³-hybridized carbons (Fsp3) is 0.125. The topological polar surface area (TPSA) is 48.4 Å². The van der Waals surface area contributed by atoms with E-state index >= 15 is 0 Å². The molecule has 0 bridgehead atoms. The number of benzene rings is 1. The highest BCUT2D eigenvalue weighted by atomic mass is 32.1. The minimum Gasteiger partial charge on any atom is -0.490 e. The molecule has 2 heterocycles. The lowest BCUT2D eigenvalue weighted by Crippen LogP contribution is -2.10. The Morgan fingerprint density at radius 3 is 2.73 bits per heavy atom. The zero-order valence-corrected chi connectivity index (χ0v) is 13.4. The standard InChI is InChI=1S/C16H13NO3S2/c1-2-19-13-5-3-4-6-14(13)20-16(18)12-10-22-15(17-12)11-7-8-21-9-11/h3-10H,2H2,1H3. The van der Waals surface area contributed by atoms with Crippen molar-refractivity contribution in [2.24, 2.45) is 0 Å². The summed E-state index contributed by atoms with van der Waals surface area (Å²) in [6, 6.07) is 9.07. The molecule has 3 aromatic rings. The van der Waals surface area contributed by atoms with Crippen LogP contribution in [0.15, 0.2) is 46.5 Å². The third kappa shape index (κ3) is 3.18. The zero-order chi connectivity index (χ0) is 15.4. The molecule has 22 heavy (non-hydrogen) atoms. The average Bonchev–Trinajstić information content (AvgIpc) is 3.20. The van der Waals surface area contributed by atoms with Crippen LogP contribution < -0.4 is 9.47 Å². The summed E-state index contributed by atoms with van der Waals surface area (Å²) in [5.74, 6) is 0.468. The summed E-state index contributed by atoms with van der Waals surface area (Å²) >= 11 is 3.02. The first-order chi connectivity index (χ1) is 10.8. The maximum atomic E-state index is 12.2. The molecule has 0 saturated heterocycles. The van der Waals surface area contributed by atoms with Gasteiger partial charge in [0.2, 0.25) is 0 Å². The van der Waals surface area contributed by atoms with Gasteiger partial charge in [0.15, 0.2) is 17.2 Å². The Morgan fingerprint density at radius 2 is 2.00 bits per heavy atom. The van der Waals surface area contributed by atoms with Gasteiger partial charge in [-0.3, -0.25) is 0 Å². The molecule has 4 nitrogen and oxygen atoms in total. The van der Waals surface area contributed by atoms with Gasteiger partial charge in [0.05, 0.1) is 6.61 Å². The molecule has 0 amide bonds. The predicted octanol–water partition coefficient (Wildman–Crippen LogP) is 4.49. The van der Waals surface area contributed by atoms with E-state index in [2.05, 4.69) is 4.98 Å². The molecule has 6 heteroatoms. The fourth-order valence-corrected chi connectivity index (χ4v) is 3.35. The molecule has 0 N–H and O–H groups in total. The maximum absolute atomic E-state index is 12.2. The van der Waals surface area contributed by atoms with E-state index in [1.807, 2.05) is 29.8 Å². The monoisotopic (exact) mass is 331 g/mol. The van der Waals surface area contributed by atoms with Crippen molar-refractivity contribution < 1.29 is 14.3 Å². The van der Waals surface area contributed by atoms with Gasteiger partial charge in [-0.2, -0.15) is 11.3 Å². The van der Waals surface area contributed by atoms with Crippen LogP contribution in [-0.2, 0) is 0 Å². The number of para-hydroxylation sites is 2. The van der Waals surface area contributed by atoms with Crippen molar-refractivity contribution in [3.63, 3.8) is 0 Å². The first kappa shape index (κ1) is 14.7. The molecular formula is C16H13NO3S2. The van der Waals surface area contributed by atoms with E-state index in [-0.39, 0.29) is 0 Å². The molecule has 3 rings (SSSR count). The molecule has 0 aliphatic rings. The number of aromatic nitrogens is 1. The minimum atomic E-state index is -0.482. The molecule has 0 saturated carbocycles. The summed E-state index contributed by atoms with van der Waals surface area (Å²) in [6.07, 6.45) is 0. The molecule has 0 unspecified atom stereocenters. The van der Waals surface area contributed by atoms with Crippen LogP contribution >= 0.6 is 22.7 Å². The summed E-state index contributed by atoms with van der Waals surface area (Å²) in [4.78, 5) is 16.6. The van der Waals surface area contributed by atoms with E-state index in [1.165, 1.54) is 11.3 Å². The second kappa shape index (κ2) is 6.72. The van der Waals surface area contributed by atoms with Gasteiger partial charge in [-0.25, -0.2) is 9.78 Å². The normalized spacial score (nSPS) is 10.4. The number of ether oxygens (including phenoxy) is 2. The van der Waals surface area contributed by atoms with Crippen molar-refractivity contribution in [2.75, 3.05) is 6.61 Å². The largest absolute Gasteiger partial charge is 0.490 e. The quantitative estimate of drug-likeness (QED) is 0.510. The number of thiazole rings is 1. The Bertz CT molecular complexity index is 765. The predicted molar refractivity (Wildman–Crippen MR) is 88.0 cm³/mol. The van der Waals surface area contributed by atoms with Crippen LogP contribution in [0.3, 0.4) is 0 Å². The van der Waals surface area contributed by atoms with Crippen molar-refractivity contribution in [3.8, 4) is 22.1 Å².